The van der Waals surface area contributed by atoms with Crippen LogP contribution in [0.4, 0.5) is 4.79 Å². The highest BCUT2D eigenvalue weighted by Crippen LogP contribution is 2.10. The number of nitrogens with one attached hydrogen (secondary N) is 2. The number of aliphatic hydroxyl groups excluding tert-OH is 1. The third-order valence-corrected chi connectivity index (χ3v) is 3.07. The van der Waals surface area contributed by atoms with Gasteiger partial charge in [0.1, 0.15) is 0 Å². The number of nitrogens with zero attached hydrogens (tertiary/aromatic N) is 2. The Morgan fingerprint density at radius 1 is 1.19 bits per heavy atom. The highest BCUT2D eigenvalue weighted by molar-refractivity contribution is 5.73. The Balaban J connectivity index is 1.89. The number of amides is 2. The maximum absolute atomic E-state index is 11.6. The molecule has 1 aromatic heterocycles. The van der Waals surface area contributed by atoms with E-state index in [1.165, 1.54) is 0 Å². The predicted molar refractivity (Wildman–Crippen MR) is 79.7 cm³/mol. The molecule has 2 aromatic rings. The number of carbonyl (C=O) groups is 1. The molecular weight excluding hydrogens is 268 g/mol. The lowest BCUT2D eigenvalue weighted by atomic mass is 10.1. The Hall–Kier alpha value is -2.34. The van der Waals surface area contributed by atoms with Gasteiger partial charge in [0, 0.05) is 32.1 Å². The third kappa shape index (κ3) is 4.92. The first-order valence-corrected chi connectivity index (χ1v) is 6.96. The number of aromatic nitrogens is 2. The van der Waals surface area contributed by atoms with E-state index in [1.54, 1.807) is 6.20 Å². The number of hydrogen-bond acceptors (Lipinski definition) is 3. The van der Waals surface area contributed by atoms with Gasteiger partial charge in [0.25, 0.3) is 0 Å². The second-order valence-corrected chi connectivity index (χ2v) is 4.66. The number of hydrogen-bond donors (Lipinski definition) is 3. The average Bonchev–Trinajstić information content (AvgIpc) is 3.00. The lowest BCUT2D eigenvalue weighted by Crippen LogP contribution is -2.36. The molecule has 2 amide bonds. The van der Waals surface area contributed by atoms with Gasteiger partial charge in [0.15, 0.2) is 0 Å². The molecular formula is C15H20N4O2. The molecule has 6 nitrogen and oxygen atoms in total. The van der Waals surface area contributed by atoms with Gasteiger partial charge in [-0.05, 0) is 23.6 Å². The summed E-state index contributed by atoms with van der Waals surface area (Å²) in [5, 5.41) is 18.4. The van der Waals surface area contributed by atoms with E-state index < -0.39 is 0 Å². The van der Waals surface area contributed by atoms with Crippen LogP contribution in [0.1, 0.15) is 17.5 Å². The van der Waals surface area contributed by atoms with Crippen LogP contribution in [0.5, 0.6) is 0 Å². The van der Waals surface area contributed by atoms with E-state index in [2.05, 4.69) is 15.7 Å². The minimum Gasteiger partial charge on any atom is -0.396 e. The van der Waals surface area contributed by atoms with Crippen LogP contribution in [0.3, 0.4) is 0 Å². The van der Waals surface area contributed by atoms with Crippen molar-refractivity contribution in [2.45, 2.75) is 19.5 Å². The van der Waals surface area contributed by atoms with Crippen molar-refractivity contribution in [3.8, 4) is 0 Å². The van der Waals surface area contributed by atoms with Crippen LogP contribution in [-0.2, 0) is 13.1 Å². The maximum Gasteiger partial charge on any atom is 0.315 e. The summed E-state index contributed by atoms with van der Waals surface area (Å²) >= 11 is 0. The zero-order chi connectivity index (χ0) is 14.9. The molecule has 0 spiro atoms. The highest BCUT2D eigenvalue weighted by atomic mass is 16.3. The Morgan fingerprint density at radius 2 is 2.00 bits per heavy atom. The molecule has 3 N–H and O–H groups in total. The number of aliphatic hydroxyl groups is 1. The maximum atomic E-state index is 11.6. The smallest absolute Gasteiger partial charge is 0.315 e. The highest BCUT2D eigenvalue weighted by Gasteiger charge is 2.05. The van der Waals surface area contributed by atoms with Crippen LogP contribution in [0.15, 0.2) is 42.7 Å². The molecule has 0 bridgehead atoms. The molecule has 112 valence electrons. The SMILES string of the molecule is O=C(NCCCO)NCc1ccccc1Cn1cccn1. The van der Waals surface area contributed by atoms with E-state index in [0.29, 0.717) is 26.1 Å². The summed E-state index contributed by atoms with van der Waals surface area (Å²) in [6, 6.07) is 9.61. The van der Waals surface area contributed by atoms with Crippen molar-refractivity contribution < 1.29 is 9.90 Å². The largest absolute Gasteiger partial charge is 0.396 e. The summed E-state index contributed by atoms with van der Waals surface area (Å²) in [6.07, 6.45) is 4.21. The summed E-state index contributed by atoms with van der Waals surface area (Å²) in [6.45, 7) is 1.68. The molecule has 0 fully saturated rings. The first-order valence-electron chi connectivity index (χ1n) is 6.96. The van der Waals surface area contributed by atoms with Crippen molar-refractivity contribution in [3.05, 3.63) is 53.9 Å². The summed E-state index contributed by atoms with van der Waals surface area (Å²) in [5.74, 6) is 0. The molecule has 0 aliphatic carbocycles. The van der Waals surface area contributed by atoms with Gasteiger partial charge in [-0.25, -0.2) is 4.79 Å². The van der Waals surface area contributed by atoms with Gasteiger partial charge in [0.05, 0.1) is 6.54 Å². The summed E-state index contributed by atoms with van der Waals surface area (Å²) in [5.41, 5.74) is 2.18. The minimum atomic E-state index is -0.225. The molecule has 0 atom stereocenters. The third-order valence-electron chi connectivity index (χ3n) is 3.07. The number of benzene rings is 1. The zero-order valence-electron chi connectivity index (χ0n) is 11.8. The van der Waals surface area contributed by atoms with Gasteiger partial charge in [0.2, 0.25) is 0 Å². The molecule has 1 aromatic carbocycles. The summed E-state index contributed by atoms with van der Waals surface area (Å²) in [4.78, 5) is 11.6. The van der Waals surface area contributed by atoms with E-state index in [-0.39, 0.29) is 12.6 Å². The number of carbonyl (C=O) groups excluding carboxylic acids is 1. The zero-order valence-corrected chi connectivity index (χ0v) is 11.8. The van der Waals surface area contributed by atoms with Crippen molar-refractivity contribution in [2.24, 2.45) is 0 Å². The fourth-order valence-electron chi connectivity index (χ4n) is 1.97. The van der Waals surface area contributed by atoms with E-state index >= 15 is 0 Å². The first kappa shape index (κ1) is 15.1. The van der Waals surface area contributed by atoms with Gasteiger partial charge in [-0.2, -0.15) is 5.10 Å². The van der Waals surface area contributed by atoms with Crippen molar-refractivity contribution in [3.63, 3.8) is 0 Å². The van der Waals surface area contributed by atoms with E-state index in [1.807, 2.05) is 41.2 Å². The number of urea groups is 1. The molecule has 1 heterocycles. The molecule has 6 heteroatoms. The van der Waals surface area contributed by atoms with Crippen molar-refractivity contribution >= 4 is 6.03 Å². The lowest BCUT2D eigenvalue weighted by Gasteiger charge is -2.11. The van der Waals surface area contributed by atoms with Gasteiger partial charge < -0.3 is 15.7 Å². The van der Waals surface area contributed by atoms with E-state index in [4.69, 9.17) is 5.11 Å². The van der Waals surface area contributed by atoms with Crippen LogP contribution < -0.4 is 10.6 Å². The molecule has 0 aliphatic heterocycles. The molecule has 2 rings (SSSR count). The second-order valence-electron chi connectivity index (χ2n) is 4.66. The van der Waals surface area contributed by atoms with Crippen LogP contribution in [0.25, 0.3) is 0 Å². The average molecular weight is 288 g/mol. The first-order chi connectivity index (χ1) is 10.3. The molecule has 0 radical (unpaired) electrons. The second kappa shape index (κ2) is 8.06. The Kier molecular flexibility index (Phi) is 5.78. The predicted octanol–water partition coefficient (Wildman–Crippen LogP) is 1.11. The normalized spacial score (nSPS) is 10.3. The van der Waals surface area contributed by atoms with E-state index in [9.17, 15) is 4.79 Å². The van der Waals surface area contributed by atoms with Crippen LogP contribution in [0, 0.1) is 0 Å². The molecule has 0 unspecified atom stereocenters. The monoisotopic (exact) mass is 288 g/mol. The van der Waals surface area contributed by atoms with Crippen molar-refractivity contribution in [1.82, 2.24) is 20.4 Å². The number of rotatable bonds is 7. The lowest BCUT2D eigenvalue weighted by molar-refractivity contribution is 0.237. The standard InChI is InChI=1S/C15H20N4O2/c20-10-4-7-16-15(21)17-11-13-5-1-2-6-14(13)12-19-9-3-8-18-19/h1-3,5-6,8-9,20H,4,7,10-12H2,(H2,16,17,21). The molecule has 0 aliphatic rings. The Morgan fingerprint density at radius 3 is 2.71 bits per heavy atom. The topological polar surface area (TPSA) is 79.2 Å². The molecule has 0 saturated carbocycles. The van der Waals surface area contributed by atoms with Gasteiger partial charge in [-0.1, -0.05) is 24.3 Å². The molecule has 21 heavy (non-hydrogen) atoms. The van der Waals surface area contributed by atoms with E-state index in [0.717, 1.165) is 11.1 Å². The van der Waals surface area contributed by atoms with Gasteiger partial charge in [-0.3, -0.25) is 4.68 Å². The van der Waals surface area contributed by atoms with Crippen molar-refractivity contribution in [1.29, 1.82) is 0 Å². The van der Waals surface area contributed by atoms with Crippen LogP contribution >= 0.6 is 0 Å². The molecule has 0 saturated heterocycles. The quantitative estimate of drug-likeness (QED) is 0.668. The summed E-state index contributed by atoms with van der Waals surface area (Å²) in [7, 11) is 0. The van der Waals surface area contributed by atoms with Crippen LogP contribution in [0.2, 0.25) is 0 Å². The fourth-order valence-corrected chi connectivity index (χ4v) is 1.97. The fraction of sp³-hybridized carbons (Fsp3) is 0.333. The summed E-state index contributed by atoms with van der Waals surface area (Å²) < 4.78 is 1.85. The van der Waals surface area contributed by atoms with Gasteiger partial charge in [-0.15, -0.1) is 0 Å². The van der Waals surface area contributed by atoms with Gasteiger partial charge >= 0.3 is 6.03 Å². The Bertz CT molecular complexity index is 555. The Labute approximate surface area is 123 Å². The minimum absolute atomic E-state index is 0.0764. The van der Waals surface area contributed by atoms with Crippen LogP contribution in [-0.4, -0.2) is 34.1 Å². The van der Waals surface area contributed by atoms with Crippen molar-refractivity contribution in [2.75, 3.05) is 13.2 Å².